The van der Waals surface area contributed by atoms with Gasteiger partial charge >= 0.3 is 0 Å². The lowest BCUT2D eigenvalue weighted by molar-refractivity contribution is 0.458. The van der Waals surface area contributed by atoms with Gasteiger partial charge in [-0.25, -0.2) is 0 Å². The van der Waals surface area contributed by atoms with Crippen LogP contribution in [0.25, 0.3) is 0 Å². The van der Waals surface area contributed by atoms with Gasteiger partial charge in [-0.3, -0.25) is 4.68 Å². The average molecular weight is 270 g/mol. The summed E-state index contributed by atoms with van der Waals surface area (Å²) in [6.07, 6.45) is 1.85. The Morgan fingerprint density at radius 3 is 2.53 bits per heavy atom. The fourth-order valence-corrected chi connectivity index (χ4v) is 3.07. The fourth-order valence-electron chi connectivity index (χ4n) is 1.84. The first-order chi connectivity index (χ1) is 7.99. The standard InChI is InChI=1S/C12H16ClN3S/c1-7-4-5-11(17-7)12(8(2)14)16-6-10(13)9(3)15-16/h4-6,8,12H,14H2,1-3H3. The van der Waals surface area contributed by atoms with Crippen LogP contribution in [0, 0.1) is 13.8 Å². The van der Waals surface area contributed by atoms with Crippen LogP contribution in [0.2, 0.25) is 5.02 Å². The van der Waals surface area contributed by atoms with E-state index in [0.717, 1.165) is 5.69 Å². The Morgan fingerprint density at radius 1 is 1.41 bits per heavy atom. The first kappa shape index (κ1) is 12.6. The summed E-state index contributed by atoms with van der Waals surface area (Å²) >= 11 is 7.80. The molecule has 0 saturated carbocycles. The number of hydrogen-bond donors (Lipinski definition) is 1. The Hall–Kier alpha value is -0.840. The van der Waals surface area contributed by atoms with E-state index in [1.165, 1.54) is 9.75 Å². The van der Waals surface area contributed by atoms with E-state index in [0.29, 0.717) is 5.02 Å². The molecule has 0 aliphatic rings. The molecule has 2 atom stereocenters. The minimum atomic E-state index is -0.0107. The molecular formula is C12H16ClN3S. The van der Waals surface area contributed by atoms with Crippen LogP contribution in [-0.2, 0) is 0 Å². The molecule has 0 spiro atoms. The molecule has 0 amide bonds. The minimum absolute atomic E-state index is 0.0107. The number of nitrogens with zero attached hydrogens (tertiary/aromatic N) is 2. The van der Waals surface area contributed by atoms with Crippen molar-refractivity contribution in [2.75, 3.05) is 0 Å². The van der Waals surface area contributed by atoms with Crippen molar-refractivity contribution in [3.8, 4) is 0 Å². The average Bonchev–Trinajstić information content (AvgIpc) is 2.76. The van der Waals surface area contributed by atoms with Crippen LogP contribution in [0.4, 0.5) is 0 Å². The third kappa shape index (κ3) is 2.54. The summed E-state index contributed by atoms with van der Waals surface area (Å²) in [5.41, 5.74) is 6.91. The second kappa shape index (κ2) is 4.80. The maximum absolute atomic E-state index is 6.07. The van der Waals surface area contributed by atoms with E-state index in [9.17, 15) is 0 Å². The molecule has 0 aliphatic heterocycles. The fraction of sp³-hybridized carbons (Fsp3) is 0.417. The molecule has 5 heteroatoms. The van der Waals surface area contributed by atoms with E-state index in [1.54, 1.807) is 11.3 Å². The number of aryl methyl sites for hydroxylation is 2. The first-order valence-corrected chi connectivity index (χ1v) is 6.71. The predicted octanol–water partition coefficient (Wildman–Crippen LogP) is 3.15. The van der Waals surface area contributed by atoms with Crippen LogP contribution in [0.15, 0.2) is 18.3 Å². The Kier molecular flexibility index (Phi) is 3.56. The number of thiophene rings is 1. The molecule has 0 radical (unpaired) electrons. The monoisotopic (exact) mass is 269 g/mol. The molecule has 2 aromatic heterocycles. The zero-order valence-corrected chi connectivity index (χ0v) is 11.7. The van der Waals surface area contributed by atoms with Gasteiger partial charge in [0.05, 0.1) is 10.7 Å². The van der Waals surface area contributed by atoms with Crippen LogP contribution in [0.5, 0.6) is 0 Å². The zero-order chi connectivity index (χ0) is 12.6. The number of hydrogen-bond acceptors (Lipinski definition) is 3. The Morgan fingerprint density at radius 2 is 2.12 bits per heavy atom. The summed E-state index contributed by atoms with van der Waals surface area (Å²) in [4.78, 5) is 2.50. The van der Waals surface area contributed by atoms with Crippen molar-refractivity contribution in [2.24, 2.45) is 5.73 Å². The van der Waals surface area contributed by atoms with Crippen molar-refractivity contribution < 1.29 is 0 Å². The van der Waals surface area contributed by atoms with Crippen LogP contribution < -0.4 is 5.73 Å². The lowest BCUT2D eigenvalue weighted by atomic mass is 10.1. The van der Waals surface area contributed by atoms with Crippen molar-refractivity contribution in [1.82, 2.24) is 9.78 Å². The topological polar surface area (TPSA) is 43.8 Å². The minimum Gasteiger partial charge on any atom is -0.326 e. The molecule has 2 rings (SSSR count). The third-order valence-electron chi connectivity index (χ3n) is 2.69. The van der Waals surface area contributed by atoms with Gasteiger partial charge in [-0.05, 0) is 32.9 Å². The lowest BCUT2D eigenvalue weighted by Crippen LogP contribution is -2.30. The van der Waals surface area contributed by atoms with Crippen LogP contribution >= 0.6 is 22.9 Å². The molecule has 0 bridgehead atoms. The second-order valence-electron chi connectivity index (χ2n) is 4.29. The number of rotatable bonds is 3. The normalized spacial score (nSPS) is 14.9. The lowest BCUT2D eigenvalue weighted by Gasteiger charge is -2.20. The largest absolute Gasteiger partial charge is 0.326 e. The number of halogens is 1. The van der Waals surface area contributed by atoms with Crippen LogP contribution in [-0.4, -0.2) is 15.8 Å². The molecule has 17 heavy (non-hydrogen) atoms. The van der Waals surface area contributed by atoms with Crippen molar-refractivity contribution in [1.29, 1.82) is 0 Å². The van der Waals surface area contributed by atoms with Gasteiger partial charge < -0.3 is 5.73 Å². The molecule has 2 N–H and O–H groups in total. The molecule has 0 aromatic carbocycles. The summed E-state index contributed by atoms with van der Waals surface area (Å²) in [5.74, 6) is 0. The summed E-state index contributed by atoms with van der Waals surface area (Å²) in [7, 11) is 0. The van der Waals surface area contributed by atoms with Crippen molar-refractivity contribution in [2.45, 2.75) is 32.9 Å². The summed E-state index contributed by atoms with van der Waals surface area (Å²) < 4.78 is 1.87. The highest BCUT2D eigenvalue weighted by atomic mass is 35.5. The van der Waals surface area contributed by atoms with Gasteiger partial charge in [-0.1, -0.05) is 11.6 Å². The molecule has 3 nitrogen and oxygen atoms in total. The van der Waals surface area contributed by atoms with Gasteiger partial charge in [0.25, 0.3) is 0 Å². The second-order valence-corrected chi connectivity index (χ2v) is 6.02. The van der Waals surface area contributed by atoms with E-state index in [4.69, 9.17) is 17.3 Å². The molecule has 2 aromatic rings. The quantitative estimate of drug-likeness (QED) is 0.930. The van der Waals surface area contributed by atoms with E-state index >= 15 is 0 Å². The first-order valence-electron chi connectivity index (χ1n) is 5.52. The van der Waals surface area contributed by atoms with Crippen molar-refractivity contribution >= 4 is 22.9 Å². The highest BCUT2D eigenvalue weighted by molar-refractivity contribution is 7.12. The van der Waals surface area contributed by atoms with Gasteiger partial charge in [-0.2, -0.15) is 5.10 Å². The maximum Gasteiger partial charge on any atom is 0.101 e. The van der Waals surface area contributed by atoms with E-state index in [-0.39, 0.29) is 12.1 Å². The predicted molar refractivity (Wildman–Crippen MR) is 72.8 cm³/mol. The summed E-state index contributed by atoms with van der Waals surface area (Å²) in [6.45, 7) is 5.98. The molecule has 0 saturated heterocycles. The van der Waals surface area contributed by atoms with Gasteiger partial charge in [0.15, 0.2) is 0 Å². The van der Waals surface area contributed by atoms with Gasteiger partial charge in [0.1, 0.15) is 6.04 Å². The third-order valence-corrected chi connectivity index (χ3v) is 4.13. The van der Waals surface area contributed by atoms with E-state index in [1.807, 2.05) is 24.7 Å². The summed E-state index contributed by atoms with van der Waals surface area (Å²) in [6, 6.07) is 4.26. The van der Waals surface area contributed by atoms with Crippen LogP contribution in [0.1, 0.15) is 28.4 Å². The Bertz CT molecular complexity index is 496. The van der Waals surface area contributed by atoms with Gasteiger partial charge in [0, 0.05) is 22.0 Å². The Balaban J connectivity index is 2.42. The number of aromatic nitrogens is 2. The SMILES string of the molecule is Cc1ccc(C(C(C)N)n2cc(Cl)c(C)n2)s1. The molecule has 0 aliphatic carbocycles. The van der Waals surface area contributed by atoms with E-state index in [2.05, 4.69) is 24.2 Å². The highest BCUT2D eigenvalue weighted by Crippen LogP contribution is 2.29. The summed E-state index contributed by atoms with van der Waals surface area (Å²) in [5, 5.41) is 5.11. The smallest absolute Gasteiger partial charge is 0.101 e. The maximum atomic E-state index is 6.07. The van der Waals surface area contributed by atoms with Gasteiger partial charge in [-0.15, -0.1) is 11.3 Å². The van der Waals surface area contributed by atoms with Gasteiger partial charge in [0.2, 0.25) is 0 Å². The van der Waals surface area contributed by atoms with Crippen LogP contribution in [0.3, 0.4) is 0 Å². The zero-order valence-electron chi connectivity index (χ0n) is 10.1. The molecular weight excluding hydrogens is 254 g/mol. The van der Waals surface area contributed by atoms with Crippen molar-refractivity contribution in [3.05, 3.63) is 38.8 Å². The molecule has 92 valence electrons. The van der Waals surface area contributed by atoms with E-state index < -0.39 is 0 Å². The van der Waals surface area contributed by atoms with Crippen molar-refractivity contribution in [3.63, 3.8) is 0 Å². The molecule has 0 fully saturated rings. The molecule has 2 unspecified atom stereocenters. The highest BCUT2D eigenvalue weighted by Gasteiger charge is 2.21. The Labute approximate surface area is 110 Å². The number of nitrogens with two attached hydrogens (primary N) is 1. The molecule has 2 heterocycles.